The molecule has 1 amide bonds. The summed E-state index contributed by atoms with van der Waals surface area (Å²) >= 11 is 0. The van der Waals surface area contributed by atoms with Crippen LogP contribution in [0.25, 0.3) is 0 Å². The van der Waals surface area contributed by atoms with Crippen molar-refractivity contribution in [3.05, 3.63) is 42.5 Å². The average molecular weight is 351 g/mol. The zero-order chi connectivity index (χ0) is 17.6. The molecule has 0 spiro atoms. The van der Waals surface area contributed by atoms with E-state index in [1.54, 1.807) is 11.6 Å². The van der Waals surface area contributed by atoms with E-state index in [9.17, 15) is 13.2 Å². The van der Waals surface area contributed by atoms with Crippen molar-refractivity contribution in [3.8, 4) is 0 Å². The Labute approximate surface area is 141 Å². The molecule has 8 nitrogen and oxygen atoms in total. The van der Waals surface area contributed by atoms with E-state index < -0.39 is 10.0 Å². The number of sulfonamides is 1. The molecular weight excluding hydrogens is 330 g/mol. The van der Waals surface area contributed by atoms with E-state index in [0.29, 0.717) is 18.7 Å². The molecule has 24 heavy (non-hydrogen) atoms. The molecule has 2 aromatic rings. The van der Waals surface area contributed by atoms with Crippen LogP contribution in [0.3, 0.4) is 0 Å². The van der Waals surface area contributed by atoms with Gasteiger partial charge in [-0.25, -0.2) is 18.1 Å². The summed E-state index contributed by atoms with van der Waals surface area (Å²) in [6.07, 6.45) is 3.75. The van der Waals surface area contributed by atoms with Crippen molar-refractivity contribution in [3.63, 3.8) is 0 Å². The molecule has 1 aromatic carbocycles. The molecule has 1 atom stereocenters. The minimum absolute atomic E-state index is 0.111. The number of aromatic nitrogens is 3. The van der Waals surface area contributed by atoms with Gasteiger partial charge in [0.05, 0.1) is 11.4 Å². The molecule has 2 N–H and O–H groups in total. The first-order valence-corrected chi connectivity index (χ1v) is 9.13. The maximum Gasteiger partial charge on any atom is 0.251 e. The normalized spacial score (nSPS) is 12.8. The number of nitrogens with zero attached hydrogens (tertiary/aromatic N) is 3. The Bertz CT molecular complexity index is 757. The quantitative estimate of drug-likeness (QED) is 0.731. The lowest BCUT2D eigenvalue weighted by Gasteiger charge is -2.14. The summed E-state index contributed by atoms with van der Waals surface area (Å²) in [7, 11) is -3.67. The number of benzene rings is 1. The Hall–Kier alpha value is -2.26. The van der Waals surface area contributed by atoms with E-state index in [1.165, 1.54) is 36.9 Å². The number of hydrogen-bond donors (Lipinski definition) is 2. The molecule has 0 fully saturated rings. The third-order valence-electron chi connectivity index (χ3n) is 3.25. The first-order chi connectivity index (χ1) is 11.4. The molecule has 1 heterocycles. The fourth-order valence-corrected chi connectivity index (χ4v) is 3.34. The van der Waals surface area contributed by atoms with Crippen molar-refractivity contribution >= 4 is 15.9 Å². The van der Waals surface area contributed by atoms with E-state index in [1.807, 2.05) is 6.92 Å². The van der Waals surface area contributed by atoms with Crippen LogP contribution in [-0.2, 0) is 16.6 Å². The third kappa shape index (κ3) is 4.87. The summed E-state index contributed by atoms with van der Waals surface area (Å²) in [4.78, 5) is 15.8. The molecule has 9 heteroatoms. The molecule has 2 rings (SSSR count). The summed E-state index contributed by atoms with van der Waals surface area (Å²) in [6.45, 7) is 4.66. The van der Waals surface area contributed by atoms with Crippen LogP contribution in [0.1, 0.15) is 30.6 Å². The summed E-state index contributed by atoms with van der Waals surface area (Å²) < 4.78 is 28.9. The second kappa shape index (κ2) is 8.02. The van der Waals surface area contributed by atoms with Gasteiger partial charge in [0.25, 0.3) is 5.91 Å². The van der Waals surface area contributed by atoms with Gasteiger partial charge in [-0.2, -0.15) is 5.10 Å². The van der Waals surface area contributed by atoms with E-state index in [-0.39, 0.29) is 16.8 Å². The predicted molar refractivity (Wildman–Crippen MR) is 88.9 cm³/mol. The summed E-state index contributed by atoms with van der Waals surface area (Å²) in [5.41, 5.74) is 0.429. The molecular formula is C15H21N5O3S. The van der Waals surface area contributed by atoms with Crippen LogP contribution in [0, 0.1) is 0 Å². The van der Waals surface area contributed by atoms with Crippen LogP contribution in [0.4, 0.5) is 0 Å². The highest BCUT2D eigenvalue weighted by Gasteiger charge is 2.18. The molecule has 1 aromatic heterocycles. The first kappa shape index (κ1) is 18.1. The van der Waals surface area contributed by atoms with E-state index in [4.69, 9.17) is 0 Å². The van der Waals surface area contributed by atoms with Crippen LogP contribution >= 0.6 is 0 Å². The van der Waals surface area contributed by atoms with Crippen LogP contribution in [0.5, 0.6) is 0 Å². The Morgan fingerprint density at radius 2 is 2.00 bits per heavy atom. The second-order valence-electron chi connectivity index (χ2n) is 5.42. The third-order valence-corrected chi connectivity index (χ3v) is 4.85. The van der Waals surface area contributed by atoms with Gasteiger partial charge in [-0.15, -0.1) is 0 Å². The van der Waals surface area contributed by atoms with Gasteiger partial charge in [0.1, 0.15) is 12.7 Å². The van der Waals surface area contributed by atoms with E-state index >= 15 is 0 Å². The fraction of sp³-hybridized carbons (Fsp3) is 0.400. The number of carbonyl (C=O) groups is 1. The monoisotopic (exact) mass is 351 g/mol. The molecule has 0 saturated carbocycles. The van der Waals surface area contributed by atoms with Gasteiger partial charge in [0, 0.05) is 18.2 Å². The zero-order valence-electron chi connectivity index (χ0n) is 13.6. The average Bonchev–Trinajstić information content (AvgIpc) is 3.05. The molecule has 0 bridgehead atoms. The van der Waals surface area contributed by atoms with Gasteiger partial charge in [0.15, 0.2) is 0 Å². The Kier molecular flexibility index (Phi) is 6.04. The molecule has 0 aliphatic carbocycles. The molecule has 0 saturated heterocycles. The highest BCUT2D eigenvalue weighted by atomic mass is 32.2. The van der Waals surface area contributed by atoms with Crippen molar-refractivity contribution in [1.82, 2.24) is 24.8 Å². The maximum absolute atomic E-state index is 12.4. The smallest absolute Gasteiger partial charge is 0.251 e. The lowest BCUT2D eigenvalue weighted by Crippen LogP contribution is -2.35. The Balaban J connectivity index is 2.02. The lowest BCUT2D eigenvalue weighted by atomic mass is 10.2. The van der Waals surface area contributed by atoms with Crippen LogP contribution in [-0.4, -0.2) is 41.7 Å². The molecule has 130 valence electrons. The van der Waals surface area contributed by atoms with Crippen molar-refractivity contribution in [2.45, 2.75) is 37.8 Å². The highest BCUT2D eigenvalue weighted by molar-refractivity contribution is 7.89. The Morgan fingerprint density at radius 3 is 2.58 bits per heavy atom. The second-order valence-corrected chi connectivity index (χ2v) is 7.13. The van der Waals surface area contributed by atoms with Crippen molar-refractivity contribution in [2.75, 3.05) is 6.54 Å². The van der Waals surface area contributed by atoms with Gasteiger partial charge in [0.2, 0.25) is 10.0 Å². The van der Waals surface area contributed by atoms with E-state index in [2.05, 4.69) is 20.1 Å². The van der Waals surface area contributed by atoms with Crippen LogP contribution < -0.4 is 10.0 Å². The number of rotatable bonds is 8. The maximum atomic E-state index is 12.4. The largest absolute Gasteiger partial charge is 0.352 e. The number of nitrogens with one attached hydrogen (secondary N) is 2. The zero-order valence-corrected chi connectivity index (χ0v) is 14.5. The lowest BCUT2D eigenvalue weighted by molar-refractivity contribution is 0.0953. The predicted octanol–water partition coefficient (Wildman–Crippen LogP) is 0.785. The standard InChI is InChI=1S/C15H21N5O3S/c1-3-8-17-15(21)13-4-6-14(7-5-13)24(22,23)19-12(2)9-20-11-16-10-18-20/h4-7,10-12,19H,3,8-9H2,1-2H3,(H,17,21)/t12-/m0/s1. The SMILES string of the molecule is CCCNC(=O)c1ccc(S(=O)(=O)N[C@@H](C)Cn2cncn2)cc1. The summed E-state index contributed by atoms with van der Waals surface area (Å²) in [5.74, 6) is -0.215. The van der Waals surface area contributed by atoms with Crippen molar-refractivity contribution < 1.29 is 13.2 Å². The first-order valence-electron chi connectivity index (χ1n) is 7.65. The molecule has 0 aliphatic rings. The Morgan fingerprint density at radius 1 is 1.29 bits per heavy atom. The molecule has 0 radical (unpaired) electrons. The minimum atomic E-state index is -3.67. The van der Waals surface area contributed by atoms with Crippen LogP contribution in [0.2, 0.25) is 0 Å². The van der Waals surface area contributed by atoms with Gasteiger partial charge >= 0.3 is 0 Å². The van der Waals surface area contributed by atoms with Gasteiger partial charge in [-0.1, -0.05) is 6.92 Å². The number of hydrogen-bond acceptors (Lipinski definition) is 5. The molecule has 0 unspecified atom stereocenters. The molecule has 0 aliphatic heterocycles. The van der Waals surface area contributed by atoms with E-state index in [0.717, 1.165) is 6.42 Å². The van der Waals surface area contributed by atoms with Crippen molar-refractivity contribution in [1.29, 1.82) is 0 Å². The summed E-state index contributed by atoms with van der Waals surface area (Å²) in [5, 5.41) is 6.68. The number of carbonyl (C=O) groups excluding carboxylic acids is 1. The summed E-state index contributed by atoms with van der Waals surface area (Å²) in [6, 6.07) is 5.49. The van der Waals surface area contributed by atoms with Gasteiger partial charge in [-0.05, 0) is 37.6 Å². The fourth-order valence-electron chi connectivity index (χ4n) is 2.10. The minimum Gasteiger partial charge on any atom is -0.352 e. The van der Waals surface area contributed by atoms with Gasteiger partial charge in [-0.3, -0.25) is 9.48 Å². The van der Waals surface area contributed by atoms with Crippen LogP contribution in [0.15, 0.2) is 41.8 Å². The van der Waals surface area contributed by atoms with Gasteiger partial charge < -0.3 is 5.32 Å². The number of amides is 1. The van der Waals surface area contributed by atoms with Crippen molar-refractivity contribution in [2.24, 2.45) is 0 Å². The topological polar surface area (TPSA) is 106 Å². The highest BCUT2D eigenvalue weighted by Crippen LogP contribution is 2.11.